The maximum atomic E-state index is 4.32. The van der Waals surface area contributed by atoms with E-state index in [2.05, 4.69) is 26.7 Å². The van der Waals surface area contributed by atoms with Crippen molar-refractivity contribution in [1.29, 1.82) is 0 Å². The van der Waals surface area contributed by atoms with E-state index < -0.39 is 0 Å². The summed E-state index contributed by atoms with van der Waals surface area (Å²) in [6.07, 6.45) is 10.8. The van der Waals surface area contributed by atoms with Gasteiger partial charge >= 0.3 is 0 Å². The zero-order valence-corrected chi connectivity index (χ0v) is 12.0. The number of likely N-dealkylation sites (tertiary alicyclic amines) is 1. The first-order chi connectivity index (χ1) is 9.33. The number of piperidine rings is 1. The molecule has 1 aromatic heterocycles. The summed E-state index contributed by atoms with van der Waals surface area (Å²) in [7, 11) is 0. The topological polar surface area (TPSA) is 33.1 Å². The largest absolute Gasteiger partial charge is 0.332 e. The van der Waals surface area contributed by atoms with Crippen LogP contribution in [-0.2, 0) is 13.1 Å². The molecule has 1 saturated carbocycles. The van der Waals surface area contributed by atoms with Crippen molar-refractivity contribution in [1.82, 2.24) is 19.8 Å². The molecule has 4 nitrogen and oxygen atoms in total. The number of aromatic nitrogens is 2. The van der Waals surface area contributed by atoms with E-state index in [1.807, 2.05) is 12.5 Å². The highest BCUT2D eigenvalue weighted by Crippen LogP contribution is 2.19. The molecule has 4 heteroatoms. The number of imidazole rings is 1. The summed E-state index contributed by atoms with van der Waals surface area (Å²) in [5.74, 6) is 0. The van der Waals surface area contributed by atoms with Gasteiger partial charge in [-0.05, 0) is 45.7 Å². The molecule has 0 amide bonds. The van der Waals surface area contributed by atoms with Crippen molar-refractivity contribution in [3.63, 3.8) is 0 Å². The molecule has 1 aromatic rings. The van der Waals surface area contributed by atoms with Crippen molar-refractivity contribution in [3.8, 4) is 0 Å². The Hall–Kier alpha value is -0.870. The SMILES string of the molecule is CC(Cn1cncc1CNC1CC1)N1CCCCC1. The molecule has 1 aliphatic heterocycles. The Morgan fingerprint density at radius 3 is 2.84 bits per heavy atom. The van der Waals surface area contributed by atoms with E-state index in [1.165, 1.54) is 50.9 Å². The molecule has 0 spiro atoms. The first-order valence-electron chi connectivity index (χ1n) is 7.79. The molecule has 0 radical (unpaired) electrons. The third kappa shape index (κ3) is 3.57. The van der Waals surface area contributed by atoms with Crippen LogP contribution in [-0.4, -0.2) is 39.6 Å². The van der Waals surface area contributed by atoms with E-state index in [0.717, 1.165) is 19.1 Å². The van der Waals surface area contributed by atoms with Gasteiger partial charge in [-0.25, -0.2) is 4.98 Å². The number of rotatable bonds is 6. The molecular weight excluding hydrogens is 236 g/mol. The molecule has 2 fully saturated rings. The summed E-state index contributed by atoms with van der Waals surface area (Å²) in [5.41, 5.74) is 1.33. The zero-order valence-electron chi connectivity index (χ0n) is 12.0. The Kier molecular flexibility index (Phi) is 4.18. The van der Waals surface area contributed by atoms with Gasteiger partial charge in [0, 0.05) is 31.4 Å². The van der Waals surface area contributed by atoms with Crippen LogP contribution in [0.4, 0.5) is 0 Å². The van der Waals surface area contributed by atoms with Gasteiger partial charge in [0.25, 0.3) is 0 Å². The van der Waals surface area contributed by atoms with Gasteiger partial charge in [-0.3, -0.25) is 4.90 Å². The number of hydrogen-bond acceptors (Lipinski definition) is 3. The van der Waals surface area contributed by atoms with E-state index in [-0.39, 0.29) is 0 Å². The first-order valence-corrected chi connectivity index (χ1v) is 7.79. The molecule has 1 atom stereocenters. The van der Waals surface area contributed by atoms with Crippen LogP contribution < -0.4 is 5.32 Å². The normalized spacial score (nSPS) is 22.6. The van der Waals surface area contributed by atoms with Crippen LogP contribution in [0.25, 0.3) is 0 Å². The summed E-state index contributed by atoms with van der Waals surface area (Å²) >= 11 is 0. The van der Waals surface area contributed by atoms with Crippen LogP contribution in [0, 0.1) is 0 Å². The molecule has 106 valence electrons. The lowest BCUT2D eigenvalue weighted by Gasteiger charge is -2.32. The third-order valence-electron chi connectivity index (χ3n) is 4.42. The zero-order chi connectivity index (χ0) is 13.1. The Labute approximate surface area is 116 Å². The number of nitrogens with zero attached hydrogens (tertiary/aromatic N) is 3. The molecule has 0 aromatic carbocycles. The van der Waals surface area contributed by atoms with E-state index >= 15 is 0 Å². The summed E-state index contributed by atoms with van der Waals surface area (Å²) in [5, 5.41) is 3.58. The van der Waals surface area contributed by atoms with Crippen LogP contribution in [0.2, 0.25) is 0 Å². The highest BCUT2D eigenvalue weighted by molar-refractivity contribution is 5.00. The van der Waals surface area contributed by atoms with E-state index in [9.17, 15) is 0 Å². The first kappa shape index (κ1) is 13.1. The molecule has 1 saturated heterocycles. The number of nitrogens with one attached hydrogen (secondary N) is 1. The fourth-order valence-corrected chi connectivity index (χ4v) is 2.96. The van der Waals surface area contributed by atoms with Crippen molar-refractivity contribution < 1.29 is 0 Å². The third-order valence-corrected chi connectivity index (χ3v) is 4.42. The molecule has 1 unspecified atom stereocenters. The molecule has 2 aliphatic rings. The van der Waals surface area contributed by atoms with Gasteiger partial charge in [-0.1, -0.05) is 6.42 Å². The summed E-state index contributed by atoms with van der Waals surface area (Å²) < 4.78 is 2.33. The van der Waals surface area contributed by atoms with E-state index in [1.54, 1.807) is 0 Å². The molecule has 1 N–H and O–H groups in total. The average molecular weight is 262 g/mol. The molecule has 3 rings (SSSR count). The summed E-state index contributed by atoms with van der Waals surface area (Å²) in [6.45, 7) is 6.93. The molecular formula is C15H26N4. The predicted octanol–water partition coefficient (Wildman–Crippen LogP) is 2.01. The summed E-state index contributed by atoms with van der Waals surface area (Å²) in [4.78, 5) is 6.95. The molecule has 19 heavy (non-hydrogen) atoms. The van der Waals surface area contributed by atoms with Crippen molar-refractivity contribution >= 4 is 0 Å². The lowest BCUT2D eigenvalue weighted by Crippen LogP contribution is -2.40. The van der Waals surface area contributed by atoms with Gasteiger partial charge < -0.3 is 9.88 Å². The molecule has 0 bridgehead atoms. The average Bonchev–Trinajstić information content (AvgIpc) is 3.18. The lowest BCUT2D eigenvalue weighted by molar-refractivity contribution is 0.159. The fraction of sp³-hybridized carbons (Fsp3) is 0.800. The van der Waals surface area contributed by atoms with Crippen molar-refractivity contribution in [2.45, 2.75) is 64.2 Å². The van der Waals surface area contributed by atoms with Gasteiger partial charge in [0.1, 0.15) is 0 Å². The van der Waals surface area contributed by atoms with Crippen molar-refractivity contribution in [3.05, 3.63) is 18.2 Å². The highest BCUT2D eigenvalue weighted by Gasteiger charge is 2.21. The fourth-order valence-electron chi connectivity index (χ4n) is 2.96. The predicted molar refractivity (Wildman–Crippen MR) is 77.0 cm³/mol. The second-order valence-corrected chi connectivity index (χ2v) is 6.14. The maximum Gasteiger partial charge on any atom is 0.0949 e. The van der Waals surface area contributed by atoms with E-state index in [4.69, 9.17) is 0 Å². The molecule has 1 aliphatic carbocycles. The van der Waals surface area contributed by atoms with E-state index in [0.29, 0.717) is 6.04 Å². The quantitative estimate of drug-likeness (QED) is 0.851. The van der Waals surface area contributed by atoms with Crippen LogP contribution in [0.5, 0.6) is 0 Å². The van der Waals surface area contributed by atoms with Gasteiger partial charge in [0.15, 0.2) is 0 Å². The van der Waals surface area contributed by atoms with Gasteiger partial charge in [-0.2, -0.15) is 0 Å². The second-order valence-electron chi connectivity index (χ2n) is 6.14. The number of hydrogen-bond donors (Lipinski definition) is 1. The minimum atomic E-state index is 0.620. The highest BCUT2D eigenvalue weighted by atomic mass is 15.2. The monoisotopic (exact) mass is 262 g/mol. The Morgan fingerprint density at radius 1 is 1.32 bits per heavy atom. The van der Waals surface area contributed by atoms with Crippen LogP contribution in [0.1, 0.15) is 44.7 Å². The van der Waals surface area contributed by atoms with Crippen molar-refractivity contribution in [2.75, 3.05) is 13.1 Å². The van der Waals surface area contributed by atoms with Crippen LogP contribution in [0.15, 0.2) is 12.5 Å². The second kappa shape index (κ2) is 6.06. The summed E-state index contributed by atoms with van der Waals surface area (Å²) in [6, 6.07) is 1.39. The minimum absolute atomic E-state index is 0.620. The van der Waals surface area contributed by atoms with Crippen LogP contribution >= 0.6 is 0 Å². The maximum absolute atomic E-state index is 4.32. The van der Waals surface area contributed by atoms with Crippen LogP contribution in [0.3, 0.4) is 0 Å². The minimum Gasteiger partial charge on any atom is -0.332 e. The lowest BCUT2D eigenvalue weighted by atomic mass is 10.1. The van der Waals surface area contributed by atoms with Gasteiger partial charge in [-0.15, -0.1) is 0 Å². The van der Waals surface area contributed by atoms with Crippen molar-refractivity contribution in [2.24, 2.45) is 0 Å². The standard InChI is InChI=1S/C15H26N4/c1-13(18-7-3-2-4-8-18)11-19-12-16-9-15(19)10-17-14-5-6-14/h9,12-14,17H,2-8,10-11H2,1H3. The smallest absolute Gasteiger partial charge is 0.0949 e. The van der Waals surface area contributed by atoms with Gasteiger partial charge in [0.2, 0.25) is 0 Å². The Bertz CT molecular complexity index is 391. The van der Waals surface area contributed by atoms with Gasteiger partial charge in [0.05, 0.1) is 12.0 Å². The Balaban J connectivity index is 1.54. The Morgan fingerprint density at radius 2 is 2.11 bits per heavy atom. The molecule has 2 heterocycles.